The van der Waals surface area contributed by atoms with Gasteiger partial charge in [0.05, 0.1) is 5.69 Å². The van der Waals surface area contributed by atoms with Crippen LogP contribution in [0.3, 0.4) is 0 Å². The Hall–Kier alpha value is -1.16. The highest BCUT2D eigenvalue weighted by Gasteiger charge is 2.19. The van der Waals surface area contributed by atoms with Gasteiger partial charge < -0.3 is 10.2 Å². The maximum Gasteiger partial charge on any atom is 0.150 e. The Morgan fingerprint density at radius 1 is 1.27 bits per heavy atom. The molecule has 2 rings (SSSR count). The number of aryl methyl sites for hydroxylation is 1. The van der Waals surface area contributed by atoms with Crippen molar-refractivity contribution in [2.24, 2.45) is 0 Å². The predicted molar refractivity (Wildman–Crippen MR) is 61.1 cm³/mol. The molecule has 0 radical (unpaired) electrons. The van der Waals surface area contributed by atoms with E-state index in [1.54, 1.807) is 12.4 Å². The van der Waals surface area contributed by atoms with Gasteiger partial charge in [0.2, 0.25) is 0 Å². The van der Waals surface area contributed by atoms with Crippen LogP contribution in [-0.4, -0.2) is 36.1 Å². The molecule has 0 bridgehead atoms. The molecule has 0 aliphatic carbocycles. The summed E-state index contributed by atoms with van der Waals surface area (Å²) in [7, 11) is 2.04. The third kappa shape index (κ3) is 2.26. The van der Waals surface area contributed by atoms with Crippen molar-refractivity contribution in [2.75, 3.05) is 25.0 Å². The van der Waals surface area contributed by atoms with Gasteiger partial charge in [0.15, 0.2) is 0 Å². The lowest BCUT2D eigenvalue weighted by Crippen LogP contribution is -2.41. The Balaban J connectivity index is 2.04. The van der Waals surface area contributed by atoms with E-state index in [1.807, 2.05) is 14.0 Å². The maximum atomic E-state index is 4.40. The van der Waals surface area contributed by atoms with Gasteiger partial charge >= 0.3 is 0 Å². The van der Waals surface area contributed by atoms with E-state index in [0.717, 1.165) is 24.6 Å². The van der Waals surface area contributed by atoms with E-state index >= 15 is 0 Å². The zero-order valence-corrected chi connectivity index (χ0v) is 9.40. The van der Waals surface area contributed by atoms with Gasteiger partial charge in [-0.1, -0.05) is 0 Å². The van der Waals surface area contributed by atoms with E-state index in [4.69, 9.17) is 0 Å². The van der Waals surface area contributed by atoms with E-state index in [0.29, 0.717) is 6.04 Å². The molecule has 0 amide bonds. The SMILES string of the molecule is CNC1CCN(c2nccnc2C)CC1. The topological polar surface area (TPSA) is 41.0 Å². The predicted octanol–water partition coefficient (Wildman–Crippen LogP) is 0.973. The molecule has 2 heterocycles. The summed E-state index contributed by atoms with van der Waals surface area (Å²) < 4.78 is 0. The molecule has 4 heteroatoms. The summed E-state index contributed by atoms with van der Waals surface area (Å²) in [6, 6.07) is 0.665. The molecule has 1 N–H and O–H groups in total. The van der Waals surface area contributed by atoms with Crippen LogP contribution in [0.25, 0.3) is 0 Å². The zero-order valence-electron chi connectivity index (χ0n) is 9.40. The number of anilines is 1. The number of hydrogen-bond donors (Lipinski definition) is 1. The van der Waals surface area contributed by atoms with Crippen molar-refractivity contribution in [3.05, 3.63) is 18.1 Å². The van der Waals surface area contributed by atoms with Crippen molar-refractivity contribution >= 4 is 5.82 Å². The molecule has 4 nitrogen and oxygen atoms in total. The molecule has 0 saturated carbocycles. The number of nitrogens with zero attached hydrogens (tertiary/aromatic N) is 3. The molecule has 1 aliphatic rings. The van der Waals surface area contributed by atoms with E-state index in [-0.39, 0.29) is 0 Å². The van der Waals surface area contributed by atoms with Gasteiger partial charge in [0.25, 0.3) is 0 Å². The van der Waals surface area contributed by atoms with Crippen LogP contribution in [0, 0.1) is 6.92 Å². The average Bonchev–Trinajstić information content (AvgIpc) is 2.30. The second kappa shape index (κ2) is 4.57. The number of rotatable bonds is 2. The molecule has 1 aliphatic heterocycles. The van der Waals surface area contributed by atoms with Gasteiger partial charge in [-0.2, -0.15) is 0 Å². The minimum atomic E-state index is 0.665. The van der Waals surface area contributed by atoms with Crippen LogP contribution in [0.4, 0.5) is 5.82 Å². The summed E-state index contributed by atoms with van der Waals surface area (Å²) in [6.45, 7) is 4.17. The van der Waals surface area contributed by atoms with Crippen LogP contribution in [0.5, 0.6) is 0 Å². The van der Waals surface area contributed by atoms with Gasteiger partial charge in [-0.3, -0.25) is 4.98 Å². The normalized spacial score (nSPS) is 18.1. The highest BCUT2D eigenvalue weighted by molar-refractivity contribution is 5.42. The average molecular weight is 206 g/mol. The van der Waals surface area contributed by atoms with Crippen molar-refractivity contribution in [2.45, 2.75) is 25.8 Å². The fraction of sp³-hybridized carbons (Fsp3) is 0.636. The fourth-order valence-electron chi connectivity index (χ4n) is 2.09. The number of piperidine rings is 1. The number of hydrogen-bond acceptors (Lipinski definition) is 4. The Bertz CT molecular complexity index is 318. The quantitative estimate of drug-likeness (QED) is 0.783. The molecule has 0 atom stereocenters. The van der Waals surface area contributed by atoms with Crippen molar-refractivity contribution in [3.63, 3.8) is 0 Å². The summed E-state index contributed by atoms with van der Waals surface area (Å²) >= 11 is 0. The van der Waals surface area contributed by atoms with E-state index in [1.165, 1.54) is 12.8 Å². The van der Waals surface area contributed by atoms with Gasteiger partial charge in [-0.25, -0.2) is 4.98 Å². The van der Waals surface area contributed by atoms with E-state index in [2.05, 4.69) is 20.2 Å². The Labute approximate surface area is 90.7 Å². The van der Waals surface area contributed by atoms with Gasteiger partial charge in [-0.05, 0) is 26.8 Å². The largest absolute Gasteiger partial charge is 0.355 e. The first-order chi connectivity index (χ1) is 7.31. The summed E-state index contributed by atoms with van der Waals surface area (Å²) in [4.78, 5) is 11.0. The molecule has 15 heavy (non-hydrogen) atoms. The highest BCUT2D eigenvalue weighted by atomic mass is 15.2. The molecular formula is C11H18N4. The summed E-state index contributed by atoms with van der Waals surface area (Å²) in [6.07, 6.45) is 5.89. The first-order valence-corrected chi connectivity index (χ1v) is 5.51. The molecular weight excluding hydrogens is 188 g/mol. The summed E-state index contributed by atoms with van der Waals surface area (Å²) in [5.41, 5.74) is 1.03. The Kier molecular flexibility index (Phi) is 3.16. The van der Waals surface area contributed by atoms with E-state index < -0.39 is 0 Å². The molecule has 0 spiro atoms. The standard InChI is InChI=1S/C11H18N4/c1-9-11(14-6-5-13-9)15-7-3-10(12-2)4-8-15/h5-6,10,12H,3-4,7-8H2,1-2H3. The zero-order chi connectivity index (χ0) is 10.7. The van der Waals surface area contributed by atoms with Gasteiger partial charge in [0, 0.05) is 31.5 Å². The molecule has 0 unspecified atom stereocenters. The van der Waals surface area contributed by atoms with Gasteiger partial charge in [0.1, 0.15) is 5.82 Å². The van der Waals surface area contributed by atoms with Crippen LogP contribution in [-0.2, 0) is 0 Å². The van der Waals surface area contributed by atoms with Crippen LogP contribution in [0.15, 0.2) is 12.4 Å². The molecule has 0 aromatic carbocycles. The Morgan fingerprint density at radius 2 is 1.93 bits per heavy atom. The third-order valence-corrected chi connectivity index (χ3v) is 3.06. The third-order valence-electron chi connectivity index (χ3n) is 3.06. The van der Waals surface area contributed by atoms with Crippen molar-refractivity contribution < 1.29 is 0 Å². The fourth-order valence-corrected chi connectivity index (χ4v) is 2.09. The van der Waals surface area contributed by atoms with Crippen molar-refractivity contribution in [1.29, 1.82) is 0 Å². The van der Waals surface area contributed by atoms with E-state index in [9.17, 15) is 0 Å². The number of nitrogens with one attached hydrogen (secondary N) is 1. The first-order valence-electron chi connectivity index (χ1n) is 5.51. The van der Waals surface area contributed by atoms with Crippen LogP contribution < -0.4 is 10.2 Å². The molecule has 1 aromatic heterocycles. The van der Waals surface area contributed by atoms with Crippen LogP contribution in [0.2, 0.25) is 0 Å². The molecule has 1 saturated heterocycles. The van der Waals surface area contributed by atoms with Gasteiger partial charge in [-0.15, -0.1) is 0 Å². The lowest BCUT2D eigenvalue weighted by molar-refractivity contribution is 0.440. The maximum absolute atomic E-state index is 4.40. The second-order valence-corrected chi connectivity index (χ2v) is 4.02. The highest BCUT2D eigenvalue weighted by Crippen LogP contribution is 2.19. The monoisotopic (exact) mass is 206 g/mol. The van der Waals surface area contributed by atoms with Crippen molar-refractivity contribution in [3.8, 4) is 0 Å². The second-order valence-electron chi connectivity index (χ2n) is 4.02. The minimum absolute atomic E-state index is 0.665. The summed E-state index contributed by atoms with van der Waals surface area (Å²) in [5, 5.41) is 3.33. The van der Waals surface area contributed by atoms with Crippen molar-refractivity contribution in [1.82, 2.24) is 15.3 Å². The molecule has 1 fully saturated rings. The first kappa shape index (κ1) is 10.4. The van der Waals surface area contributed by atoms with Crippen LogP contribution >= 0.6 is 0 Å². The Morgan fingerprint density at radius 3 is 2.53 bits per heavy atom. The minimum Gasteiger partial charge on any atom is -0.355 e. The summed E-state index contributed by atoms with van der Waals surface area (Å²) in [5.74, 6) is 1.05. The smallest absolute Gasteiger partial charge is 0.150 e. The molecule has 82 valence electrons. The number of aromatic nitrogens is 2. The molecule has 1 aromatic rings. The lowest BCUT2D eigenvalue weighted by Gasteiger charge is -2.33. The van der Waals surface area contributed by atoms with Crippen LogP contribution in [0.1, 0.15) is 18.5 Å². The lowest BCUT2D eigenvalue weighted by atomic mass is 10.1.